The molecule has 5 heteroatoms. The molecule has 1 aliphatic heterocycles. The Morgan fingerprint density at radius 1 is 1.40 bits per heavy atom. The monoisotopic (exact) mass is 340 g/mol. The molecule has 20 heavy (non-hydrogen) atoms. The van der Waals surface area contributed by atoms with Crippen LogP contribution in [0.25, 0.3) is 0 Å². The Labute approximate surface area is 128 Å². The molecule has 0 bridgehead atoms. The minimum Gasteiger partial charge on any atom is -0.465 e. The Bertz CT molecular complexity index is 445. The van der Waals surface area contributed by atoms with Crippen molar-refractivity contribution in [2.45, 2.75) is 19.4 Å². The average molecular weight is 341 g/mol. The van der Waals surface area contributed by atoms with Gasteiger partial charge in [0.1, 0.15) is 6.04 Å². The first kappa shape index (κ1) is 15.5. The lowest BCUT2D eigenvalue weighted by Crippen LogP contribution is -2.37. The molecule has 1 fully saturated rings. The number of hydrogen-bond acceptors (Lipinski definition) is 4. The lowest BCUT2D eigenvalue weighted by atomic mass is 10.0. The Hall–Kier alpha value is -0.910. The SMILES string of the molecule is CCOC(=O)C(c1ccccc1Br)N1CCCNCC1. The smallest absolute Gasteiger partial charge is 0.328 e. The number of carbonyl (C=O) groups excluding carboxylic acids is 1. The van der Waals surface area contributed by atoms with Gasteiger partial charge < -0.3 is 10.1 Å². The van der Waals surface area contributed by atoms with Crippen molar-refractivity contribution in [2.75, 3.05) is 32.8 Å². The van der Waals surface area contributed by atoms with Crippen molar-refractivity contribution in [3.63, 3.8) is 0 Å². The number of rotatable bonds is 4. The van der Waals surface area contributed by atoms with E-state index in [1.807, 2.05) is 31.2 Å². The third-order valence-corrected chi connectivity index (χ3v) is 4.17. The average Bonchev–Trinajstić information content (AvgIpc) is 2.71. The van der Waals surface area contributed by atoms with Gasteiger partial charge in [-0.3, -0.25) is 4.90 Å². The van der Waals surface area contributed by atoms with Crippen LogP contribution in [0, 0.1) is 0 Å². The summed E-state index contributed by atoms with van der Waals surface area (Å²) in [6.07, 6.45) is 1.04. The molecule has 4 nitrogen and oxygen atoms in total. The van der Waals surface area contributed by atoms with Crippen molar-refractivity contribution >= 4 is 21.9 Å². The molecule has 1 atom stereocenters. The number of hydrogen-bond donors (Lipinski definition) is 1. The Kier molecular flexibility index (Phi) is 6.01. The van der Waals surface area contributed by atoms with Crippen LogP contribution in [0.5, 0.6) is 0 Å². The highest BCUT2D eigenvalue weighted by Crippen LogP contribution is 2.29. The number of carbonyl (C=O) groups is 1. The first-order valence-corrected chi connectivity index (χ1v) is 7.89. The van der Waals surface area contributed by atoms with Crippen molar-refractivity contribution in [1.82, 2.24) is 10.2 Å². The van der Waals surface area contributed by atoms with Crippen LogP contribution in [-0.4, -0.2) is 43.7 Å². The Morgan fingerprint density at radius 3 is 2.95 bits per heavy atom. The van der Waals surface area contributed by atoms with E-state index in [0.29, 0.717) is 6.61 Å². The molecule has 1 aromatic rings. The van der Waals surface area contributed by atoms with Crippen LogP contribution in [0.1, 0.15) is 24.9 Å². The van der Waals surface area contributed by atoms with Gasteiger partial charge in [0.25, 0.3) is 0 Å². The third-order valence-electron chi connectivity index (χ3n) is 3.45. The van der Waals surface area contributed by atoms with Crippen LogP contribution in [0.3, 0.4) is 0 Å². The fourth-order valence-corrected chi connectivity index (χ4v) is 3.02. The molecule has 1 unspecified atom stereocenters. The molecule has 0 aromatic heterocycles. The van der Waals surface area contributed by atoms with Crippen LogP contribution < -0.4 is 5.32 Å². The van der Waals surface area contributed by atoms with Gasteiger partial charge in [-0.25, -0.2) is 4.79 Å². The van der Waals surface area contributed by atoms with Gasteiger partial charge in [-0.1, -0.05) is 34.1 Å². The summed E-state index contributed by atoms with van der Waals surface area (Å²) in [5, 5.41) is 3.36. The van der Waals surface area contributed by atoms with E-state index in [2.05, 4.69) is 26.1 Å². The molecule has 0 spiro atoms. The van der Waals surface area contributed by atoms with E-state index in [-0.39, 0.29) is 12.0 Å². The summed E-state index contributed by atoms with van der Waals surface area (Å²) in [5.74, 6) is -0.165. The normalized spacial score (nSPS) is 18.3. The maximum absolute atomic E-state index is 12.4. The molecular formula is C15H21BrN2O2. The quantitative estimate of drug-likeness (QED) is 0.854. The second-order valence-corrected chi connectivity index (χ2v) is 5.67. The summed E-state index contributed by atoms with van der Waals surface area (Å²) in [4.78, 5) is 14.6. The van der Waals surface area contributed by atoms with Gasteiger partial charge in [0.05, 0.1) is 6.61 Å². The fourth-order valence-electron chi connectivity index (χ4n) is 2.52. The second-order valence-electron chi connectivity index (χ2n) is 4.82. The van der Waals surface area contributed by atoms with Crippen LogP contribution in [-0.2, 0) is 9.53 Å². The standard InChI is InChI=1S/C15H21BrN2O2/c1-2-20-15(19)14(12-6-3-4-7-13(12)16)18-10-5-8-17-9-11-18/h3-4,6-7,14,17H,2,5,8-11H2,1H3. The van der Waals surface area contributed by atoms with E-state index in [4.69, 9.17) is 4.74 Å². The van der Waals surface area contributed by atoms with Crippen LogP contribution in [0.4, 0.5) is 0 Å². The van der Waals surface area contributed by atoms with Gasteiger partial charge in [-0.05, 0) is 31.5 Å². The molecular weight excluding hydrogens is 320 g/mol. The summed E-state index contributed by atoms with van der Waals surface area (Å²) in [6, 6.07) is 7.55. The van der Waals surface area contributed by atoms with E-state index >= 15 is 0 Å². The van der Waals surface area contributed by atoms with Crippen molar-refractivity contribution in [3.8, 4) is 0 Å². The first-order valence-electron chi connectivity index (χ1n) is 7.10. The summed E-state index contributed by atoms with van der Waals surface area (Å²) in [7, 11) is 0. The summed E-state index contributed by atoms with van der Waals surface area (Å²) in [6.45, 7) is 5.91. The predicted octanol–water partition coefficient (Wildman–Crippen LogP) is 2.35. The molecule has 0 saturated carbocycles. The molecule has 0 aliphatic carbocycles. The highest BCUT2D eigenvalue weighted by Gasteiger charge is 2.30. The molecule has 1 heterocycles. The van der Waals surface area contributed by atoms with E-state index in [1.165, 1.54) is 0 Å². The largest absolute Gasteiger partial charge is 0.465 e. The van der Waals surface area contributed by atoms with Gasteiger partial charge >= 0.3 is 5.97 Å². The van der Waals surface area contributed by atoms with Gasteiger partial charge in [0.15, 0.2) is 0 Å². The first-order chi connectivity index (χ1) is 9.74. The van der Waals surface area contributed by atoms with E-state index in [1.54, 1.807) is 0 Å². The van der Waals surface area contributed by atoms with Gasteiger partial charge in [0, 0.05) is 24.1 Å². The number of esters is 1. The molecule has 0 amide bonds. The van der Waals surface area contributed by atoms with Gasteiger partial charge in [-0.2, -0.15) is 0 Å². The maximum atomic E-state index is 12.4. The molecule has 110 valence electrons. The van der Waals surface area contributed by atoms with Crippen LogP contribution in [0.2, 0.25) is 0 Å². The number of nitrogens with one attached hydrogen (secondary N) is 1. The number of benzene rings is 1. The topological polar surface area (TPSA) is 41.6 Å². The molecule has 2 rings (SSSR count). The molecule has 1 N–H and O–H groups in total. The molecule has 1 aliphatic rings. The lowest BCUT2D eigenvalue weighted by Gasteiger charge is -2.29. The van der Waals surface area contributed by atoms with Gasteiger partial charge in [0.2, 0.25) is 0 Å². The highest BCUT2D eigenvalue weighted by atomic mass is 79.9. The minimum absolute atomic E-state index is 0.165. The summed E-state index contributed by atoms with van der Waals surface area (Å²) < 4.78 is 6.24. The zero-order chi connectivity index (χ0) is 14.4. The molecule has 1 aromatic carbocycles. The number of halogens is 1. The fraction of sp³-hybridized carbons (Fsp3) is 0.533. The van der Waals surface area contributed by atoms with Crippen LogP contribution in [0.15, 0.2) is 28.7 Å². The van der Waals surface area contributed by atoms with Crippen molar-refractivity contribution in [3.05, 3.63) is 34.3 Å². The maximum Gasteiger partial charge on any atom is 0.328 e. The van der Waals surface area contributed by atoms with Crippen molar-refractivity contribution < 1.29 is 9.53 Å². The second kappa shape index (κ2) is 7.76. The molecule has 0 radical (unpaired) electrons. The zero-order valence-corrected chi connectivity index (χ0v) is 13.4. The van der Waals surface area contributed by atoms with Crippen molar-refractivity contribution in [2.24, 2.45) is 0 Å². The van der Waals surface area contributed by atoms with Crippen LogP contribution >= 0.6 is 15.9 Å². The van der Waals surface area contributed by atoms with Gasteiger partial charge in [-0.15, -0.1) is 0 Å². The predicted molar refractivity (Wildman–Crippen MR) is 82.6 cm³/mol. The minimum atomic E-state index is -0.328. The van der Waals surface area contributed by atoms with E-state index in [0.717, 1.165) is 42.6 Å². The summed E-state index contributed by atoms with van der Waals surface area (Å²) in [5.41, 5.74) is 0.979. The zero-order valence-electron chi connectivity index (χ0n) is 11.8. The Morgan fingerprint density at radius 2 is 2.20 bits per heavy atom. The highest BCUT2D eigenvalue weighted by molar-refractivity contribution is 9.10. The number of ether oxygens (including phenoxy) is 1. The number of nitrogens with zero attached hydrogens (tertiary/aromatic N) is 1. The summed E-state index contributed by atoms with van der Waals surface area (Å²) >= 11 is 3.55. The van der Waals surface area contributed by atoms with E-state index < -0.39 is 0 Å². The molecule has 1 saturated heterocycles. The van der Waals surface area contributed by atoms with Crippen molar-refractivity contribution in [1.29, 1.82) is 0 Å². The lowest BCUT2D eigenvalue weighted by molar-refractivity contribution is -0.149. The third kappa shape index (κ3) is 3.81. The van der Waals surface area contributed by atoms with E-state index in [9.17, 15) is 4.79 Å². The Balaban J connectivity index is 2.28.